The summed E-state index contributed by atoms with van der Waals surface area (Å²) in [5, 5.41) is 3.05. The SMILES string of the molecule is CC(NCc1ccccc1C(F)(F)F)c1ccc(S(=O)(=O)N(C)C)cc1. The first-order valence-corrected chi connectivity index (χ1v) is 9.38. The van der Waals surface area contributed by atoms with Gasteiger partial charge in [-0.3, -0.25) is 0 Å². The molecular formula is C18H21F3N2O2S. The van der Waals surface area contributed by atoms with E-state index < -0.39 is 21.8 Å². The first-order valence-electron chi connectivity index (χ1n) is 7.94. The molecule has 1 atom stereocenters. The molecule has 8 heteroatoms. The lowest BCUT2D eigenvalue weighted by molar-refractivity contribution is -0.138. The molecule has 26 heavy (non-hydrogen) atoms. The summed E-state index contributed by atoms with van der Waals surface area (Å²) < 4.78 is 64.3. The molecule has 0 saturated carbocycles. The summed E-state index contributed by atoms with van der Waals surface area (Å²) in [5.74, 6) is 0. The summed E-state index contributed by atoms with van der Waals surface area (Å²) in [6, 6.07) is 11.5. The molecule has 2 aromatic carbocycles. The molecule has 0 aliphatic heterocycles. The molecule has 0 spiro atoms. The molecule has 1 unspecified atom stereocenters. The second-order valence-electron chi connectivity index (χ2n) is 6.11. The zero-order chi connectivity index (χ0) is 19.5. The van der Waals surface area contributed by atoms with Crippen molar-refractivity contribution in [2.45, 2.75) is 30.6 Å². The van der Waals surface area contributed by atoms with Gasteiger partial charge in [0.15, 0.2) is 0 Å². The number of nitrogens with one attached hydrogen (secondary N) is 1. The van der Waals surface area contributed by atoms with E-state index in [-0.39, 0.29) is 23.0 Å². The van der Waals surface area contributed by atoms with Crippen molar-refractivity contribution in [3.05, 3.63) is 65.2 Å². The number of hydrogen-bond donors (Lipinski definition) is 1. The molecule has 4 nitrogen and oxygen atoms in total. The van der Waals surface area contributed by atoms with Crippen LogP contribution in [0.1, 0.15) is 29.7 Å². The Labute approximate surface area is 151 Å². The fourth-order valence-corrected chi connectivity index (χ4v) is 3.37. The van der Waals surface area contributed by atoms with E-state index in [1.54, 1.807) is 18.2 Å². The number of rotatable bonds is 6. The lowest BCUT2D eigenvalue weighted by atomic mass is 10.1. The van der Waals surface area contributed by atoms with E-state index in [0.29, 0.717) is 0 Å². The summed E-state index contributed by atoms with van der Waals surface area (Å²) in [6.07, 6.45) is -4.40. The molecule has 0 bridgehead atoms. The van der Waals surface area contributed by atoms with Crippen LogP contribution < -0.4 is 5.32 Å². The van der Waals surface area contributed by atoms with Gasteiger partial charge in [-0.05, 0) is 36.2 Å². The Balaban J connectivity index is 2.11. The minimum absolute atomic E-state index is 0.0502. The summed E-state index contributed by atoms with van der Waals surface area (Å²) in [7, 11) is -0.609. The van der Waals surface area contributed by atoms with E-state index in [9.17, 15) is 21.6 Å². The van der Waals surface area contributed by atoms with Crippen molar-refractivity contribution >= 4 is 10.0 Å². The van der Waals surface area contributed by atoms with Crippen LogP contribution in [0.5, 0.6) is 0 Å². The molecule has 0 aromatic heterocycles. The topological polar surface area (TPSA) is 49.4 Å². The van der Waals surface area contributed by atoms with Crippen molar-refractivity contribution < 1.29 is 21.6 Å². The van der Waals surface area contributed by atoms with Gasteiger partial charge in [-0.1, -0.05) is 30.3 Å². The van der Waals surface area contributed by atoms with Crippen LogP contribution in [-0.2, 0) is 22.7 Å². The first-order chi connectivity index (χ1) is 12.0. The lowest BCUT2D eigenvalue weighted by Gasteiger charge is -2.18. The van der Waals surface area contributed by atoms with Crippen LogP contribution in [0.2, 0.25) is 0 Å². The third-order valence-electron chi connectivity index (χ3n) is 4.08. The summed E-state index contributed by atoms with van der Waals surface area (Å²) >= 11 is 0. The van der Waals surface area contributed by atoms with E-state index in [1.165, 1.54) is 38.4 Å². The van der Waals surface area contributed by atoms with Crippen molar-refractivity contribution in [1.29, 1.82) is 0 Å². The van der Waals surface area contributed by atoms with Crippen LogP contribution in [0.4, 0.5) is 13.2 Å². The summed E-state index contributed by atoms with van der Waals surface area (Å²) in [6.45, 7) is 1.86. The Bertz CT molecular complexity index is 847. The highest BCUT2D eigenvalue weighted by atomic mass is 32.2. The van der Waals surface area contributed by atoms with Crippen LogP contribution in [0.3, 0.4) is 0 Å². The smallest absolute Gasteiger partial charge is 0.306 e. The largest absolute Gasteiger partial charge is 0.416 e. The van der Waals surface area contributed by atoms with E-state index in [4.69, 9.17) is 0 Å². The predicted molar refractivity (Wildman–Crippen MR) is 94.0 cm³/mol. The van der Waals surface area contributed by atoms with E-state index >= 15 is 0 Å². The molecule has 0 radical (unpaired) electrons. The van der Waals surface area contributed by atoms with Crippen LogP contribution >= 0.6 is 0 Å². The van der Waals surface area contributed by atoms with Crippen molar-refractivity contribution in [2.24, 2.45) is 0 Å². The quantitative estimate of drug-likeness (QED) is 0.821. The minimum atomic E-state index is -4.40. The Morgan fingerprint density at radius 2 is 1.62 bits per heavy atom. The second-order valence-corrected chi connectivity index (χ2v) is 8.27. The van der Waals surface area contributed by atoms with Gasteiger partial charge in [0.25, 0.3) is 0 Å². The van der Waals surface area contributed by atoms with Gasteiger partial charge in [-0.2, -0.15) is 13.2 Å². The number of hydrogen-bond acceptors (Lipinski definition) is 3. The van der Waals surface area contributed by atoms with Crippen LogP contribution in [0.25, 0.3) is 0 Å². The fraction of sp³-hybridized carbons (Fsp3) is 0.333. The van der Waals surface area contributed by atoms with E-state index in [2.05, 4.69) is 5.32 Å². The van der Waals surface area contributed by atoms with E-state index in [0.717, 1.165) is 15.9 Å². The molecule has 1 N–H and O–H groups in total. The van der Waals surface area contributed by atoms with Gasteiger partial charge in [-0.15, -0.1) is 0 Å². The van der Waals surface area contributed by atoms with Crippen LogP contribution in [-0.4, -0.2) is 26.8 Å². The molecule has 142 valence electrons. The third-order valence-corrected chi connectivity index (χ3v) is 5.91. The average Bonchev–Trinajstić information content (AvgIpc) is 2.59. The van der Waals surface area contributed by atoms with Gasteiger partial charge in [0, 0.05) is 26.7 Å². The van der Waals surface area contributed by atoms with Gasteiger partial charge >= 0.3 is 6.18 Å². The van der Waals surface area contributed by atoms with Crippen molar-refractivity contribution in [3.8, 4) is 0 Å². The molecule has 0 amide bonds. The zero-order valence-electron chi connectivity index (χ0n) is 14.7. The highest BCUT2D eigenvalue weighted by Gasteiger charge is 2.32. The lowest BCUT2D eigenvalue weighted by Crippen LogP contribution is -2.23. The second kappa shape index (κ2) is 7.77. The highest BCUT2D eigenvalue weighted by Crippen LogP contribution is 2.32. The summed E-state index contributed by atoms with van der Waals surface area (Å²) in [4.78, 5) is 0.167. The number of halogens is 3. The van der Waals surface area contributed by atoms with Crippen molar-refractivity contribution in [3.63, 3.8) is 0 Å². The Morgan fingerprint density at radius 1 is 1.04 bits per heavy atom. The maximum absolute atomic E-state index is 13.0. The standard InChI is InChI=1S/C18H21F3N2O2S/c1-13(14-8-10-16(11-9-14)26(24,25)23(2)3)22-12-15-6-4-5-7-17(15)18(19,20)21/h4-11,13,22H,12H2,1-3H3. The molecule has 0 aliphatic carbocycles. The van der Waals surface area contributed by atoms with Gasteiger partial charge < -0.3 is 5.32 Å². The average molecular weight is 386 g/mol. The Morgan fingerprint density at radius 3 is 2.15 bits per heavy atom. The van der Waals surface area contributed by atoms with Gasteiger partial charge in [0.05, 0.1) is 10.5 Å². The molecule has 2 rings (SSSR count). The Hall–Kier alpha value is -1.90. The monoisotopic (exact) mass is 386 g/mol. The normalized spacial score (nSPS) is 13.8. The van der Waals surface area contributed by atoms with Crippen LogP contribution in [0, 0.1) is 0 Å². The molecular weight excluding hydrogens is 365 g/mol. The van der Waals surface area contributed by atoms with Crippen molar-refractivity contribution in [2.75, 3.05) is 14.1 Å². The molecule has 2 aromatic rings. The van der Waals surface area contributed by atoms with E-state index in [1.807, 2.05) is 6.92 Å². The number of nitrogens with zero attached hydrogens (tertiary/aromatic N) is 1. The van der Waals surface area contributed by atoms with Gasteiger partial charge in [0.2, 0.25) is 10.0 Å². The number of alkyl halides is 3. The maximum atomic E-state index is 13.0. The zero-order valence-corrected chi connectivity index (χ0v) is 15.5. The maximum Gasteiger partial charge on any atom is 0.416 e. The third kappa shape index (κ3) is 4.63. The van der Waals surface area contributed by atoms with Gasteiger partial charge in [-0.25, -0.2) is 12.7 Å². The minimum Gasteiger partial charge on any atom is -0.306 e. The Kier molecular flexibility index (Phi) is 6.10. The predicted octanol–water partition coefficient (Wildman–Crippen LogP) is 3.81. The fourth-order valence-electron chi connectivity index (χ4n) is 2.47. The summed E-state index contributed by atoms with van der Waals surface area (Å²) in [5.41, 5.74) is 0.290. The van der Waals surface area contributed by atoms with Crippen LogP contribution in [0.15, 0.2) is 53.4 Å². The molecule has 0 heterocycles. The highest BCUT2D eigenvalue weighted by molar-refractivity contribution is 7.89. The molecule has 0 aliphatic rings. The first kappa shape index (κ1) is 20.4. The van der Waals surface area contributed by atoms with Crippen molar-refractivity contribution in [1.82, 2.24) is 9.62 Å². The molecule has 0 fully saturated rings. The van der Waals surface area contributed by atoms with Gasteiger partial charge in [0.1, 0.15) is 0 Å². The molecule has 0 saturated heterocycles. The number of sulfonamides is 1. The number of benzene rings is 2.